The minimum absolute atomic E-state index is 0.0998. The molecule has 4 heteroatoms. The number of carbonyl (C=O) groups excluding carboxylic acids is 1. The summed E-state index contributed by atoms with van der Waals surface area (Å²) in [7, 11) is 0. The van der Waals surface area contributed by atoms with Gasteiger partial charge in [0.25, 0.3) is 0 Å². The number of carbonyl (C=O) groups is 1. The molecule has 1 amide bonds. The lowest BCUT2D eigenvalue weighted by Crippen LogP contribution is -2.54. The average molecular weight is 240 g/mol. The number of rotatable bonds is 3. The molecule has 98 valence electrons. The average Bonchev–Trinajstić information content (AvgIpc) is 2.40. The molecular formula is C13H24N2O2. The molecule has 2 fully saturated rings. The topological polar surface area (TPSA) is 50.4 Å². The van der Waals surface area contributed by atoms with E-state index in [1.807, 2.05) is 0 Å². The Kier molecular flexibility index (Phi) is 4.80. The first-order valence-corrected chi connectivity index (χ1v) is 6.89. The van der Waals surface area contributed by atoms with Crippen molar-refractivity contribution in [3.63, 3.8) is 0 Å². The summed E-state index contributed by atoms with van der Waals surface area (Å²) in [4.78, 5) is 12.0. The molecule has 1 saturated carbocycles. The summed E-state index contributed by atoms with van der Waals surface area (Å²) in [5.74, 6) is 0.764. The molecule has 1 aliphatic carbocycles. The largest absolute Gasteiger partial charge is 0.378 e. The Balaban J connectivity index is 1.76. The summed E-state index contributed by atoms with van der Waals surface area (Å²) >= 11 is 0. The van der Waals surface area contributed by atoms with Gasteiger partial charge in [0.1, 0.15) is 6.04 Å². The molecular weight excluding hydrogens is 216 g/mol. The zero-order valence-corrected chi connectivity index (χ0v) is 10.7. The molecule has 0 aromatic heterocycles. The minimum atomic E-state index is -0.158. The van der Waals surface area contributed by atoms with E-state index in [0.717, 1.165) is 6.54 Å². The van der Waals surface area contributed by atoms with Crippen LogP contribution in [0.15, 0.2) is 0 Å². The molecule has 0 aromatic rings. The van der Waals surface area contributed by atoms with Crippen molar-refractivity contribution in [2.75, 3.05) is 19.8 Å². The highest BCUT2D eigenvalue weighted by molar-refractivity contribution is 5.82. The summed E-state index contributed by atoms with van der Waals surface area (Å²) in [6.45, 7) is 4.12. The first-order valence-electron chi connectivity index (χ1n) is 6.89. The number of hydrogen-bond donors (Lipinski definition) is 2. The number of amides is 1. The van der Waals surface area contributed by atoms with E-state index in [0.29, 0.717) is 25.2 Å². The lowest BCUT2D eigenvalue weighted by molar-refractivity contribution is -0.126. The maximum absolute atomic E-state index is 12.0. The van der Waals surface area contributed by atoms with Crippen LogP contribution in [0.3, 0.4) is 0 Å². The van der Waals surface area contributed by atoms with Crippen LogP contribution >= 0.6 is 0 Å². The van der Waals surface area contributed by atoms with Gasteiger partial charge in [-0.1, -0.05) is 19.3 Å². The molecule has 1 saturated heterocycles. The van der Waals surface area contributed by atoms with Gasteiger partial charge in [0.2, 0.25) is 5.91 Å². The highest BCUT2D eigenvalue weighted by Crippen LogP contribution is 2.26. The molecule has 17 heavy (non-hydrogen) atoms. The predicted octanol–water partition coefficient (Wildman–Crippen LogP) is 1.06. The van der Waals surface area contributed by atoms with Gasteiger partial charge in [-0.2, -0.15) is 0 Å². The highest BCUT2D eigenvalue weighted by Gasteiger charge is 2.26. The Labute approximate surface area is 103 Å². The lowest BCUT2D eigenvalue weighted by Gasteiger charge is -2.30. The van der Waals surface area contributed by atoms with Crippen LogP contribution in [-0.2, 0) is 9.53 Å². The third-order valence-electron chi connectivity index (χ3n) is 3.97. The van der Waals surface area contributed by atoms with E-state index in [1.54, 1.807) is 0 Å². The predicted molar refractivity (Wildman–Crippen MR) is 66.8 cm³/mol. The van der Waals surface area contributed by atoms with Gasteiger partial charge in [0.05, 0.1) is 13.2 Å². The van der Waals surface area contributed by atoms with Gasteiger partial charge in [0.15, 0.2) is 0 Å². The Bertz CT molecular complexity index is 246. The Morgan fingerprint density at radius 1 is 1.35 bits per heavy atom. The first-order chi connectivity index (χ1) is 8.27. The second-order valence-electron chi connectivity index (χ2n) is 5.28. The Morgan fingerprint density at radius 2 is 2.12 bits per heavy atom. The van der Waals surface area contributed by atoms with E-state index >= 15 is 0 Å². The fraction of sp³-hybridized carbons (Fsp3) is 0.923. The minimum Gasteiger partial charge on any atom is -0.378 e. The summed E-state index contributed by atoms with van der Waals surface area (Å²) in [6.07, 6.45) is 6.51. The molecule has 0 radical (unpaired) electrons. The standard InChI is InChI=1S/C13H24N2O2/c1-10(11-5-3-2-4-6-11)15-13(16)12-9-17-8-7-14-12/h10-12,14H,2-9H2,1H3,(H,15,16)/t10-,12?/m0/s1. The number of morpholine rings is 1. The van der Waals surface area contributed by atoms with Gasteiger partial charge in [0, 0.05) is 12.6 Å². The molecule has 4 nitrogen and oxygen atoms in total. The lowest BCUT2D eigenvalue weighted by atomic mass is 9.84. The molecule has 2 atom stereocenters. The van der Waals surface area contributed by atoms with E-state index in [4.69, 9.17) is 4.74 Å². The maximum Gasteiger partial charge on any atom is 0.239 e. The molecule has 2 aliphatic rings. The van der Waals surface area contributed by atoms with E-state index in [9.17, 15) is 4.79 Å². The van der Waals surface area contributed by atoms with E-state index in [-0.39, 0.29) is 11.9 Å². The summed E-state index contributed by atoms with van der Waals surface area (Å²) < 4.78 is 5.31. The Hall–Kier alpha value is -0.610. The van der Waals surface area contributed by atoms with E-state index in [1.165, 1.54) is 32.1 Å². The normalized spacial score (nSPS) is 28.6. The van der Waals surface area contributed by atoms with Crippen LogP contribution < -0.4 is 10.6 Å². The molecule has 1 unspecified atom stereocenters. The van der Waals surface area contributed by atoms with Crippen molar-refractivity contribution in [2.45, 2.75) is 51.1 Å². The van der Waals surface area contributed by atoms with Crippen molar-refractivity contribution in [3.05, 3.63) is 0 Å². The third-order valence-corrected chi connectivity index (χ3v) is 3.97. The van der Waals surface area contributed by atoms with Crippen LogP contribution in [0, 0.1) is 5.92 Å². The van der Waals surface area contributed by atoms with Gasteiger partial charge in [-0.3, -0.25) is 4.79 Å². The fourth-order valence-corrected chi connectivity index (χ4v) is 2.81. The highest BCUT2D eigenvalue weighted by atomic mass is 16.5. The Morgan fingerprint density at radius 3 is 2.76 bits per heavy atom. The van der Waals surface area contributed by atoms with Crippen LogP contribution in [0.5, 0.6) is 0 Å². The monoisotopic (exact) mass is 240 g/mol. The SMILES string of the molecule is C[C@H](NC(=O)C1COCCN1)C1CCCCC1. The molecule has 1 heterocycles. The smallest absolute Gasteiger partial charge is 0.239 e. The van der Waals surface area contributed by atoms with Crippen molar-refractivity contribution in [1.82, 2.24) is 10.6 Å². The van der Waals surface area contributed by atoms with Gasteiger partial charge >= 0.3 is 0 Å². The van der Waals surface area contributed by atoms with Crippen LogP contribution in [0.25, 0.3) is 0 Å². The maximum atomic E-state index is 12.0. The van der Waals surface area contributed by atoms with Crippen molar-refractivity contribution >= 4 is 5.91 Å². The van der Waals surface area contributed by atoms with Gasteiger partial charge < -0.3 is 15.4 Å². The zero-order valence-electron chi connectivity index (χ0n) is 10.7. The number of ether oxygens (including phenoxy) is 1. The third kappa shape index (κ3) is 3.68. The first kappa shape index (κ1) is 12.8. The van der Waals surface area contributed by atoms with Crippen LogP contribution in [0.2, 0.25) is 0 Å². The van der Waals surface area contributed by atoms with Crippen molar-refractivity contribution in [3.8, 4) is 0 Å². The van der Waals surface area contributed by atoms with Crippen LogP contribution in [0.1, 0.15) is 39.0 Å². The van der Waals surface area contributed by atoms with Gasteiger partial charge in [-0.15, -0.1) is 0 Å². The summed E-state index contributed by atoms with van der Waals surface area (Å²) in [5, 5.41) is 6.33. The molecule has 0 spiro atoms. The van der Waals surface area contributed by atoms with E-state index in [2.05, 4.69) is 17.6 Å². The molecule has 0 bridgehead atoms. The van der Waals surface area contributed by atoms with Crippen molar-refractivity contribution in [1.29, 1.82) is 0 Å². The number of hydrogen-bond acceptors (Lipinski definition) is 3. The van der Waals surface area contributed by atoms with Crippen molar-refractivity contribution in [2.24, 2.45) is 5.92 Å². The van der Waals surface area contributed by atoms with Gasteiger partial charge in [-0.05, 0) is 25.7 Å². The second-order valence-corrected chi connectivity index (χ2v) is 5.28. The van der Waals surface area contributed by atoms with Gasteiger partial charge in [-0.25, -0.2) is 0 Å². The summed E-state index contributed by atoms with van der Waals surface area (Å²) in [6, 6.07) is 0.140. The van der Waals surface area contributed by atoms with Crippen molar-refractivity contribution < 1.29 is 9.53 Å². The molecule has 1 aliphatic heterocycles. The number of nitrogens with one attached hydrogen (secondary N) is 2. The molecule has 2 rings (SSSR count). The zero-order chi connectivity index (χ0) is 12.1. The van der Waals surface area contributed by atoms with Crippen LogP contribution in [-0.4, -0.2) is 37.7 Å². The van der Waals surface area contributed by atoms with E-state index < -0.39 is 0 Å². The molecule has 0 aromatic carbocycles. The van der Waals surface area contributed by atoms with Crippen LogP contribution in [0.4, 0.5) is 0 Å². The fourth-order valence-electron chi connectivity index (χ4n) is 2.81. The quantitative estimate of drug-likeness (QED) is 0.775. The molecule has 2 N–H and O–H groups in total. The summed E-state index contributed by atoms with van der Waals surface area (Å²) in [5.41, 5.74) is 0. The second kappa shape index (κ2) is 6.36.